The fourth-order valence-electron chi connectivity index (χ4n) is 2.75. The molecule has 1 heterocycles. The number of sulfonamides is 1. The lowest BCUT2D eigenvalue weighted by molar-refractivity contribution is -0.384. The fraction of sp³-hybridized carbons (Fsp3) is 0.529. The van der Waals surface area contributed by atoms with Crippen LogP contribution in [0, 0.1) is 10.1 Å². The molecule has 1 aliphatic heterocycles. The van der Waals surface area contributed by atoms with Crippen molar-refractivity contribution in [2.45, 2.75) is 17.5 Å². The number of benzene rings is 1. The van der Waals surface area contributed by atoms with Gasteiger partial charge in [-0.15, -0.1) is 0 Å². The van der Waals surface area contributed by atoms with Gasteiger partial charge >= 0.3 is 11.8 Å². The third-order valence-corrected chi connectivity index (χ3v) is 6.21. The van der Waals surface area contributed by atoms with Crippen molar-refractivity contribution < 1.29 is 27.7 Å². The van der Waals surface area contributed by atoms with Crippen molar-refractivity contribution >= 4 is 27.5 Å². The van der Waals surface area contributed by atoms with E-state index in [2.05, 4.69) is 10.6 Å². The van der Waals surface area contributed by atoms with Crippen molar-refractivity contribution in [3.63, 3.8) is 0 Å². The number of hydrogen-bond donors (Lipinski definition) is 2. The minimum absolute atomic E-state index is 0.0522. The summed E-state index contributed by atoms with van der Waals surface area (Å²) >= 11 is 0. The molecule has 1 saturated heterocycles. The van der Waals surface area contributed by atoms with Gasteiger partial charge in [-0.1, -0.05) is 0 Å². The van der Waals surface area contributed by atoms with Gasteiger partial charge in [0.05, 0.1) is 23.0 Å². The minimum Gasteiger partial charge on any atom is -0.359 e. The van der Waals surface area contributed by atoms with Gasteiger partial charge in [-0.2, -0.15) is 4.31 Å². The second kappa shape index (κ2) is 10.4. The van der Waals surface area contributed by atoms with Gasteiger partial charge in [0, 0.05) is 25.2 Å². The SMILES string of the molecule is CN(C)CCCNC(=O)C(=O)NC[C@@H]1OCCN1S(=O)(=O)c1ccc([N+](=O)[O-])cc1. The average molecular weight is 443 g/mol. The molecule has 1 fully saturated rings. The Kier molecular flexibility index (Phi) is 8.23. The summed E-state index contributed by atoms with van der Waals surface area (Å²) in [7, 11) is -0.204. The third kappa shape index (κ3) is 6.19. The van der Waals surface area contributed by atoms with E-state index >= 15 is 0 Å². The first-order valence-electron chi connectivity index (χ1n) is 9.21. The highest BCUT2D eigenvalue weighted by atomic mass is 32.2. The molecule has 2 amide bonds. The molecule has 0 saturated carbocycles. The summed E-state index contributed by atoms with van der Waals surface area (Å²) in [4.78, 5) is 35.7. The fourth-order valence-corrected chi connectivity index (χ4v) is 4.27. The summed E-state index contributed by atoms with van der Waals surface area (Å²) in [5.41, 5.74) is -0.230. The molecule has 1 aromatic carbocycles. The van der Waals surface area contributed by atoms with Gasteiger partial charge in [0.1, 0.15) is 6.23 Å². The number of rotatable bonds is 9. The molecule has 166 valence electrons. The Bertz CT molecular complexity index is 873. The summed E-state index contributed by atoms with van der Waals surface area (Å²) in [5, 5.41) is 15.6. The maximum atomic E-state index is 12.8. The van der Waals surface area contributed by atoms with E-state index < -0.39 is 33.0 Å². The van der Waals surface area contributed by atoms with Crippen LogP contribution in [0.2, 0.25) is 0 Å². The monoisotopic (exact) mass is 443 g/mol. The zero-order valence-electron chi connectivity index (χ0n) is 16.7. The number of nitrogens with zero attached hydrogens (tertiary/aromatic N) is 3. The molecular weight excluding hydrogens is 418 g/mol. The highest BCUT2D eigenvalue weighted by Crippen LogP contribution is 2.23. The predicted octanol–water partition coefficient (Wildman–Crippen LogP) is -0.874. The Morgan fingerprint density at radius 2 is 1.87 bits per heavy atom. The lowest BCUT2D eigenvalue weighted by atomic mass is 10.3. The van der Waals surface area contributed by atoms with Crippen LogP contribution in [0.5, 0.6) is 0 Å². The molecule has 0 aromatic heterocycles. The van der Waals surface area contributed by atoms with Gasteiger partial charge in [-0.05, 0) is 39.2 Å². The van der Waals surface area contributed by atoms with Crippen LogP contribution in [0.3, 0.4) is 0 Å². The molecule has 0 unspecified atom stereocenters. The van der Waals surface area contributed by atoms with Crippen molar-refractivity contribution in [2.75, 3.05) is 46.9 Å². The van der Waals surface area contributed by atoms with Crippen LogP contribution in [0.15, 0.2) is 29.2 Å². The van der Waals surface area contributed by atoms with Gasteiger partial charge < -0.3 is 20.3 Å². The van der Waals surface area contributed by atoms with E-state index in [1.807, 2.05) is 19.0 Å². The average Bonchev–Trinajstić information content (AvgIpc) is 3.18. The number of non-ortho nitro benzene ring substituents is 1. The molecule has 30 heavy (non-hydrogen) atoms. The zero-order chi connectivity index (χ0) is 22.3. The Morgan fingerprint density at radius 3 is 2.47 bits per heavy atom. The van der Waals surface area contributed by atoms with E-state index in [9.17, 15) is 28.1 Å². The second-order valence-corrected chi connectivity index (χ2v) is 8.71. The second-order valence-electron chi connectivity index (χ2n) is 6.81. The van der Waals surface area contributed by atoms with Gasteiger partial charge in [-0.3, -0.25) is 19.7 Å². The molecule has 1 aliphatic rings. The largest absolute Gasteiger partial charge is 0.359 e. The maximum absolute atomic E-state index is 12.8. The van der Waals surface area contributed by atoms with Crippen molar-refractivity contribution in [3.05, 3.63) is 34.4 Å². The molecule has 1 aromatic rings. The standard InChI is InChI=1S/C17H25N5O7S/c1-20(2)9-3-8-18-16(23)17(24)19-12-15-21(10-11-29-15)30(27,28)14-6-4-13(5-7-14)22(25)26/h4-7,15H,3,8-12H2,1-2H3,(H,18,23)(H,19,24)/t15-/m0/s1. The van der Waals surface area contributed by atoms with Crippen LogP contribution in [-0.2, 0) is 24.3 Å². The number of hydrogen-bond acceptors (Lipinski definition) is 8. The summed E-state index contributed by atoms with van der Waals surface area (Å²) in [6.45, 7) is 1.05. The number of carbonyl (C=O) groups is 2. The Hall–Kier alpha value is -2.61. The quantitative estimate of drug-likeness (QED) is 0.216. The van der Waals surface area contributed by atoms with E-state index in [1.165, 1.54) is 0 Å². The Morgan fingerprint density at radius 1 is 1.23 bits per heavy atom. The van der Waals surface area contributed by atoms with Crippen LogP contribution in [0.25, 0.3) is 0 Å². The van der Waals surface area contributed by atoms with E-state index in [1.54, 1.807) is 0 Å². The number of nitrogens with one attached hydrogen (secondary N) is 2. The smallest absolute Gasteiger partial charge is 0.309 e. The molecule has 2 rings (SSSR count). The van der Waals surface area contributed by atoms with Crippen molar-refractivity contribution in [1.29, 1.82) is 0 Å². The van der Waals surface area contributed by atoms with Gasteiger partial charge in [0.15, 0.2) is 0 Å². The molecule has 0 bridgehead atoms. The van der Waals surface area contributed by atoms with Crippen molar-refractivity contribution in [3.8, 4) is 0 Å². The van der Waals surface area contributed by atoms with Crippen LogP contribution in [0.4, 0.5) is 5.69 Å². The van der Waals surface area contributed by atoms with E-state index in [-0.39, 0.29) is 30.3 Å². The molecular formula is C17H25N5O7S. The zero-order valence-corrected chi connectivity index (χ0v) is 17.6. The highest BCUT2D eigenvalue weighted by Gasteiger charge is 2.36. The highest BCUT2D eigenvalue weighted by molar-refractivity contribution is 7.89. The van der Waals surface area contributed by atoms with Gasteiger partial charge in [0.25, 0.3) is 5.69 Å². The molecule has 2 N–H and O–H groups in total. The van der Waals surface area contributed by atoms with E-state index in [0.717, 1.165) is 35.1 Å². The molecule has 0 aliphatic carbocycles. The van der Waals surface area contributed by atoms with Crippen LogP contribution >= 0.6 is 0 Å². The number of amides is 2. The number of carbonyl (C=O) groups excluding carboxylic acids is 2. The third-order valence-electron chi connectivity index (χ3n) is 4.31. The van der Waals surface area contributed by atoms with Gasteiger partial charge in [0.2, 0.25) is 10.0 Å². The van der Waals surface area contributed by atoms with Gasteiger partial charge in [-0.25, -0.2) is 8.42 Å². The topological polar surface area (TPSA) is 151 Å². The normalized spacial score (nSPS) is 17.1. The van der Waals surface area contributed by atoms with Crippen molar-refractivity contribution in [2.24, 2.45) is 0 Å². The lowest BCUT2D eigenvalue weighted by Crippen LogP contribution is -2.47. The summed E-state index contributed by atoms with van der Waals surface area (Å²) in [6, 6.07) is 4.48. The summed E-state index contributed by atoms with van der Waals surface area (Å²) in [5.74, 6) is -1.69. The number of nitro benzene ring substituents is 1. The molecule has 0 radical (unpaired) electrons. The van der Waals surface area contributed by atoms with Crippen LogP contribution < -0.4 is 10.6 Å². The van der Waals surface area contributed by atoms with E-state index in [4.69, 9.17) is 4.74 Å². The first-order valence-corrected chi connectivity index (χ1v) is 10.7. The molecule has 12 nitrogen and oxygen atoms in total. The number of nitro groups is 1. The minimum atomic E-state index is -3.99. The first kappa shape index (κ1) is 23.7. The Balaban J connectivity index is 1.92. The number of ether oxygens (including phenoxy) is 1. The molecule has 13 heteroatoms. The van der Waals surface area contributed by atoms with E-state index in [0.29, 0.717) is 13.0 Å². The predicted molar refractivity (Wildman–Crippen MR) is 106 cm³/mol. The summed E-state index contributed by atoms with van der Waals surface area (Å²) < 4.78 is 32.1. The molecule has 1 atom stereocenters. The summed E-state index contributed by atoms with van der Waals surface area (Å²) in [6.07, 6.45) is -0.311. The lowest BCUT2D eigenvalue weighted by Gasteiger charge is -2.22. The molecule has 0 spiro atoms. The first-order chi connectivity index (χ1) is 14.1. The Labute approximate surface area is 174 Å². The van der Waals surface area contributed by atoms with Crippen molar-refractivity contribution in [1.82, 2.24) is 19.8 Å². The van der Waals surface area contributed by atoms with Crippen LogP contribution in [0.1, 0.15) is 6.42 Å². The maximum Gasteiger partial charge on any atom is 0.309 e. The van der Waals surface area contributed by atoms with Crippen LogP contribution in [-0.4, -0.2) is 87.5 Å².